The first-order valence-corrected chi connectivity index (χ1v) is 7.37. The first-order valence-electron chi connectivity index (χ1n) is 7.37. The summed E-state index contributed by atoms with van der Waals surface area (Å²) in [5.41, 5.74) is 0.887. The fourth-order valence-electron chi connectivity index (χ4n) is 2.94. The van der Waals surface area contributed by atoms with Crippen LogP contribution in [0.1, 0.15) is 28.8 Å². The van der Waals surface area contributed by atoms with Crippen molar-refractivity contribution in [2.75, 3.05) is 33.8 Å². The van der Waals surface area contributed by atoms with Gasteiger partial charge in [-0.2, -0.15) is 0 Å². The normalized spacial score (nSPS) is 19.5. The van der Waals surface area contributed by atoms with E-state index >= 15 is 0 Å². The van der Waals surface area contributed by atoms with E-state index in [1.165, 1.54) is 32.1 Å². The van der Waals surface area contributed by atoms with Crippen molar-refractivity contribution >= 4 is 5.97 Å². The zero-order chi connectivity index (χ0) is 15.2. The van der Waals surface area contributed by atoms with Crippen molar-refractivity contribution in [3.8, 4) is 0 Å². The quantitative estimate of drug-likeness (QED) is 0.844. The van der Waals surface area contributed by atoms with E-state index in [2.05, 4.69) is 15.0 Å². The van der Waals surface area contributed by atoms with Gasteiger partial charge in [0.2, 0.25) is 0 Å². The molecule has 4 nitrogen and oxygen atoms in total. The lowest BCUT2D eigenvalue weighted by atomic mass is 9.97. The number of rotatable bonds is 5. The first kappa shape index (κ1) is 15.9. The molecule has 2 rings (SSSR count). The first-order chi connectivity index (χ1) is 10.1. The molecule has 1 aromatic carbocycles. The Labute approximate surface area is 125 Å². The Morgan fingerprint density at radius 1 is 1.52 bits per heavy atom. The van der Waals surface area contributed by atoms with Gasteiger partial charge in [-0.05, 0) is 56.6 Å². The summed E-state index contributed by atoms with van der Waals surface area (Å²) in [6.07, 6.45) is 2.42. The zero-order valence-corrected chi connectivity index (χ0v) is 12.7. The van der Waals surface area contributed by atoms with Crippen LogP contribution in [0.25, 0.3) is 0 Å². The molecule has 1 N–H and O–H groups in total. The van der Waals surface area contributed by atoms with Crippen LogP contribution in [0.15, 0.2) is 18.2 Å². The van der Waals surface area contributed by atoms with Gasteiger partial charge in [-0.1, -0.05) is 6.07 Å². The van der Waals surface area contributed by atoms with Crippen LogP contribution in [0.4, 0.5) is 4.39 Å². The minimum absolute atomic E-state index is 0.00652. The molecule has 0 saturated carbocycles. The molecular formula is C16H23FN2O2. The Hall–Kier alpha value is -1.46. The van der Waals surface area contributed by atoms with E-state index in [0.29, 0.717) is 5.92 Å². The summed E-state index contributed by atoms with van der Waals surface area (Å²) >= 11 is 0. The minimum atomic E-state index is -0.633. The van der Waals surface area contributed by atoms with Crippen LogP contribution >= 0.6 is 0 Å². The number of hydrogen-bond acceptors (Lipinski definition) is 4. The fraction of sp³-hybridized carbons (Fsp3) is 0.562. The molecule has 0 aromatic heterocycles. The second kappa shape index (κ2) is 7.52. The number of esters is 1. The number of piperidine rings is 1. The third-order valence-electron chi connectivity index (χ3n) is 3.94. The number of hydrogen-bond donors (Lipinski definition) is 1. The highest BCUT2D eigenvalue weighted by Gasteiger charge is 2.20. The molecule has 0 spiro atoms. The molecule has 1 aliphatic heterocycles. The summed E-state index contributed by atoms with van der Waals surface area (Å²) in [4.78, 5) is 13.7. The summed E-state index contributed by atoms with van der Waals surface area (Å²) < 4.78 is 18.5. The van der Waals surface area contributed by atoms with E-state index in [1.54, 1.807) is 6.07 Å². The van der Waals surface area contributed by atoms with E-state index in [4.69, 9.17) is 0 Å². The lowest BCUT2D eigenvalue weighted by molar-refractivity contribution is 0.0595. The van der Waals surface area contributed by atoms with E-state index < -0.39 is 11.8 Å². The number of benzene rings is 1. The van der Waals surface area contributed by atoms with Crippen LogP contribution in [0.2, 0.25) is 0 Å². The van der Waals surface area contributed by atoms with E-state index in [9.17, 15) is 9.18 Å². The van der Waals surface area contributed by atoms with Gasteiger partial charge in [0.1, 0.15) is 5.82 Å². The maximum atomic E-state index is 13.9. The predicted octanol–water partition coefficient (Wildman–Crippen LogP) is 2.04. The summed E-state index contributed by atoms with van der Waals surface area (Å²) in [5.74, 6) is -0.489. The average Bonchev–Trinajstić information content (AvgIpc) is 2.47. The van der Waals surface area contributed by atoms with Gasteiger partial charge in [-0.15, -0.1) is 0 Å². The van der Waals surface area contributed by atoms with Gasteiger partial charge >= 0.3 is 5.97 Å². The molecule has 1 atom stereocenters. The van der Waals surface area contributed by atoms with Gasteiger partial charge in [0.15, 0.2) is 0 Å². The SMILES string of the molecule is CNCC1CCCN(Cc2ccc(C(=O)OC)c(F)c2)C1. The average molecular weight is 294 g/mol. The fourth-order valence-corrected chi connectivity index (χ4v) is 2.94. The lowest BCUT2D eigenvalue weighted by Gasteiger charge is -2.32. The molecule has 1 unspecified atom stereocenters. The van der Waals surface area contributed by atoms with E-state index in [1.807, 2.05) is 7.05 Å². The maximum absolute atomic E-state index is 13.9. The van der Waals surface area contributed by atoms with Crippen LogP contribution in [-0.2, 0) is 11.3 Å². The van der Waals surface area contributed by atoms with Crippen LogP contribution < -0.4 is 5.32 Å². The molecular weight excluding hydrogens is 271 g/mol. The number of carbonyl (C=O) groups is 1. The molecule has 0 bridgehead atoms. The van der Waals surface area contributed by atoms with E-state index in [0.717, 1.165) is 31.7 Å². The van der Waals surface area contributed by atoms with Gasteiger partial charge in [0.05, 0.1) is 12.7 Å². The van der Waals surface area contributed by atoms with Crippen LogP contribution in [0.5, 0.6) is 0 Å². The highest BCUT2D eigenvalue weighted by molar-refractivity contribution is 5.89. The molecule has 1 fully saturated rings. The lowest BCUT2D eigenvalue weighted by Crippen LogP contribution is -2.38. The number of carbonyl (C=O) groups excluding carboxylic acids is 1. The third kappa shape index (κ3) is 4.25. The number of methoxy groups -OCH3 is 1. The Balaban J connectivity index is 1.99. The van der Waals surface area contributed by atoms with Gasteiger partial charge in [-0.25, -0.2) is 9.18 Å². The van der Waals surface area contributed by atoms with Crippen LogP contribution in [-0.4, -0.2) is 44.7 Å². The molecule has 0 radical (unpaired) electrons. The Morgan fingerprint density at radius 2 is 2.33 bits per heavy atom. The monoisotopic (exact) mass is 294 g/mol. The van der Waals surface area contributed by atoms with Gasteiger partial charge in [0.25, 0.3) is 0 Å². The largest absolute Gasteiger partial charge is 0.465 e. The second-order valence-electron chi connectivity index (χ2n) is 5.61. The smallest absolute Gasteiger partial charge is 0.340 e. The van der Waals surface area contributed by atoms with Gasteiger partial charge < -0.3 is 10.1 Å². The number of nitrogens with zero attached hydrogens (tertiary/aromatic N) is 1. The van der Waals surface area contributed by atoms with Crippen molar-refractivity contribution in [3.05, 3.63) is 35.1 Å². The molecule has 21 heavy (non-hydrogen) atoms. The molecule has 1 aromatic rings. The van der Waals surface area contributed by atoms with Gasteiger partial charge in [0, 0.05) is 13.1 Å². The van der Waals surface area contributed by atoms with Crippen molar-refractivity contribution in [2.45, 2.75) is 19.4 Å². The minimum Gasteiger partial charge on any atom is -0.465 e. The predicted molar refractivity (Wildman–Crippen MR) is 79.7 cm³/mol. The van der Waals surface area contributed by atoms with Crippen molar-refractivity contribution in [1.29, 1.82) is 0 Å². The Morgan fingerprint density at radius 3 is 3.00 bits per heavy atom. The van der Waals surface area contributed by atoms with E-state index in [-0.39, 0.29) is 5.56 Å². The molecule has 1 aliphatic rings. The van der Waals surface area contributed by atoms with Crippen LogP contribution in [0, 0.1) is 11.7 Å². The molecule has 0 amide bonds. The van der Waals surface area contributed by atoms with Crippen LogP contribution in [0.3, 0.4) is 0 Å². The number of ether oxygens (including phenoxy) is 1. The summed E-state index contributed by atoms with van der Waals surface area (Å²) in [6.45, 7) is 3.81. The summed E-state index contributed by atoms with van der Waals surface area (Å²) in [6, 6.07) is 4.75. The maximum Gasteiger partial charge on any atom is 0.340 e. The number of halogens is 1. The summed E-state index contributed by atoms with van der Waals surface area (Å²) in [7, 11) is 3.23. The Kier molecular flexibility index (Phi) is 5.70. The number of nitrogens with one attached hydrogen (secondary N) is 1. The third-order valence-corrected chi connectivity index (χ3v) is 3.94. The number of likely N-dealkylation sites (tertiary alicyclic amines) is 1. The topological polar surface area (TPSA) is 41.6 Å². The molecule has 5 heteroatoms. The standard InChI is InChI=1S/C16H23FN2O2/c1-18-9-13-4-3-7-19(11-13)10-12-5-6-14(15(17)8-12)16(20)21-2/h5-6,8,13,18H,3-4,7,9-11H2,1-2H3. The summed E-state index contributed by atoms with van der Waals surface area (Å²) in [5, 5.41) is 3.22. The Bertz CT molecular complexity index is 491. The van der Waals surface area contributed by atoms with Crippen molar-refractivity contribution in [1.82, 2.24) is 10.2 Å². The van der Waals surface area contributed by atoms with Crippen molar-refractivity contribution in [3.63, 3.8) is 0 Å². The molecule has 116 valence electrons. The van der Waals surface area contributed by atoms with Crippen molar-refractivity contribution < 1.29 is 13.9 Å². The molecule has 0 aliphatic carbocycles. The molecule has 1 heterocycles. The van der Waals surface area contributed by atoms with Crippen molar-refractivity contribution in [2.24, 2.45) is 5.92 Å². The zero-order valence-electron chi connectivity index (χ0n) is 12.7. The molecule has 1 saturated heterocycles. The highest BCUT2D eigenvalue weighted by atomic mass is 19.1. The highest BCUT2D eigenvalue weighted by Crippen LogP contribution is 2.19. The van der Waals surface area contributed by atoms with Gasteiger partial charge in [-0.3, -0.25) is 4.90 Å². The second-order valence-corrected chi connectivity index (χ2v) is 5.61.